The van der Waals surface area contributed by atoms with Crippen LogP contribution in [0.15, 0.2) is 0 Å². The lowest BCUT2D eigenvalue weighted by Gasteiger charge is -2.31. The molecule has 1 N–H and O–H groups in total. The van der Waals surface area contributed by atoms with Gasteiger partial charge in [0.2, 0.25) is 0 Å². The Bertz CT molecular complexity index is 229. The number of nitrogens with zero attached hydrogens (tertiary/aromatic N) is 1. The highest BCUT2D eigenvalue weighted by molar-refractivity contribution is 5.76. The van der Waals surface area contributed by atoms with Crippen molar-refractivity contribution in [2.75, 3.05) is 40.0 Å². The third-order valence-corrected chi connectivity index (χ3v) is 3.16. The van der Waals surface area contributed by atoms with Gasteiger partial charge in [-0.2, -0.15) is 0 Å². The van der Waals surface area contributed by atoms with Crippen LogP contribution < -0.4 is 5.32 Å². The lowest BCUT2D eigenvalue weighted by molar-refractivity contribution is -0.142. The molecular weight excluding hydrogens is 196 g/mol. The first-order chi connectivity index (χ1) is 7.31. The third-order valence-electron chi connectivity index (χ3n) is 3.16. The van der Waals surface area contributed by atoms with E-state index in [0.717, 1.165) is 39.3 Å². The first-order valence-electron chi connectivity index (χ1n) is 5.44. The van der Waals surface area contributed by atoms with E-state index < -0.39 is 0 Å². The second-order valence-electron chi connectivity index (χ2n) is 4.02. The number of ether oxygens (including phenoxy) is 2. The number of esters is 1. The highest BCUT2D eigenvalue weighted by Crippen LogP contribution is 2.15. The van der Waals surface area contributed by atoms with Crippen molar-refractivity contribution in [1.82, 2.24) is 10.2 Å². The van der Waals surface area contributed by atoms with Crippen LogP contribution in [0.5, 0.6) is 0 Å². The Morgan fingerprint density at radius 2 is 2.20 bits per heavy atom. The van der Waals surface area contributed by atoms with Crippen molar-refractivity contribution >= 4 is 5.97 Å². The molecule has 0 aromatic carbocycles. The molecule has 0 aliphatic carbocycles. The smallest absolute Gasteiger partial charge is 0.322 e. The molecular formula is C10H18N2O3. The number of nitrogens with one attached hydrogen (secondary N) is 1. The van der Waals surface area contributed by atoms with E-state index in [1.54, 1.807) is 0 Å². The molecule has 5 nitrogen and oxygen atoms in total. The molecule has 2 rings (SSSR count). The van der Waals surface area contributed by atoms with Crippen molar-refractivity contribution in [3.63, 3.8) is 0 Å². The maximum atomic E-state index is 11.3. The Kier molecular flexibility index (Phi) is 3.56. The minimum Gasteiger partial charge on any atom is -0.468 e. The SMILES string of the molecule is COC(=O)[C@@H]1C[C@@H](N2CCOCC2)CN1. The molecule has 2 fully saturated rings. The summed E-state index contributed by atoms with van der Waals surface area (Å²) >= 11 is 0. The largest absolute Gasteiger partial charge is 0.468 e. The van der Waals surface area contributed by atoms with E-state index in [0.29, 0.717) is 6.04 Å². The summed E-state index contributed by atoms with van der Waals surface area (Å²) in [5, 5.41) is 3.20. The van der Waals surface area contributed by atoms with Gasteiger partial charge >= 0.3 is 5.97 Å². The van der Waals surface area contributed by atoms with Crippen LogP contribution in [0.25, 0.3) is 0 Å². The van der Waals surface area contributed by atoms with E-state index in [9.17, 15) is 4.79 Å². The predicted octanol–water partition coefficient (Wildman–Crippen LogP) is -0.778. The van der Waals surface area contributed by atoms with Crippen molar-refractivity contribution in [3.8, 4) is 0 Å². The molecule has 0 amide bonds. The minimum absolute atomic E-state index is 0.122. The van der Waals surface area contributed by atoms with Crippen LogP contribution >= 0.6 is 0 Å². The highest BCUT2D eigenvalue weighted by atomic mass is 16.5. The highest BCUT2D eigenvalue weighted by Gasteiger charge is 2.33. The molecule has 0 bridgehead atoms. The Labute approximate surface area is 89.7 Å². The van der Waals surface area contributed by atoms with Gasteiger partial charge in [-0.25, -0.2) is 0 Å². The van der Waals surface area contributed by atoms with E-state index in [2.05, 4.69) is 10.2 Å². The number of hydrogen-bond donors (Lipinski definition) is 1. The van der Waals surface area contributed by atoms with Gasteiger partial charge in [-0.05, 0) is 6.42 Å². The Morgan fingerprint density at radius 1 is 1.47 bits per heavy atom. The number of morpholine rings is 1. The standard InChI is InChI=1S/C10H18N2O3/c1-14-10(13)9-6-8(7-11-9)12-2-4-15-5-3-12/h8-9,11H,2-7H2,1H3/t8-,9+/m1/s1. The molecule has 0 unspecified atom stereocenters. The van der Waals surface area contributed by atoms with E-state index in [1.165, 1.54) is 7.11 Å². The number of rotatable bonds is 2. The van der Waals surface area contributed by atoms with Gasteiger partial charge in [-0.1, -0.05) is 0 Å². The topological polar surface area (TPSA) is 50.8 Å². The summed E-state index contributed by atoms with van der Waals surface area (Å²) < 4.78 is 10.0. The quantitative estimate of drug-likeness (QED) is 0.611. The minimum atomic E-state index is -0.147. The fourth-order valence-electron chi connectivity index (χ4n) is 2.26. The van der Waals surface area contributed by atoms with Gasteiger partial charge in [-0.15, -0.1) is 0 Å². The molecule has 0 saturated carbocycles. The zero-order valence-corrected chi connectivity index (χ0v) is 9.07. The van der Waals surface area contributed by atoms with Crippen molar-refractivity contribution in [1.29, 1.82) is 0 Å². The van der Waals surface area contributed by atoms with Gasteiger partial charge in [-0.3, -0.25) is 9.69 Å². The molecule has 0 spiro atoms. The fraction of sp³-hybridized carbons (Fsp3) is 0.900. The summed E-state index contributed by atoms with van der Waals surface area (Å²) in [6.07, 6.45) is 0.854. The lowest BCUT2D eigenvalue weighted by Crippen LogP contribution is -2.44. The molecule has 2 aliphatic rings. The first kappa shape index (κ1) is 10.9. The number of carbonyl (C=O) groups is 1. The van der Waals surface area contributed by atoms with E-state index in [1.807, 2.05) is 0 Å². The van der Waals surface area contributed by atoms with Crippen LogP contribution in [0.4, 0.5) is 0 Å². The summed E-state index contributed by atoms with van der Waals surface area (Å²) in [6.45, 7) is 4.43. The van der Waals surface area contributed by atoms with E-state index in [-0.39, 0.29) is 12.0 Å². The summed E-state index contributed by atoms with van der Waals surface area (Å²) in [4.78, 5) is 13.7. The van der Waals surface area contributed by atoms with Gasteiger partial charge in [0, 0.05) is 25.7 Å². The van der Waals surface area contributed by atoms with Crippen LogP contribution in [0.3, 0.4) is 0 Å². The summed E-state index contributed by atoms with van der Waals surface area (Å²) in [5.74, 6) is -0.147. The molecule has 5 heteroatoms. The maximum absolute atomic E-state index is 11.3. The summed E-state index contributed by atoms with van der Waals surface area (Å²) in [6, 6.07) is 0.334. The number of hydrogen-bond acceptors (Lipinski definition) is 5. The molecule has 86 valence electrons. The Hall–Kier alpha value is -0.650. The molecule has 0 aromatic rings. The van der Waals surface area contributed by atoms with E-state index in [4.69, 9.17) is 9.47 Å². The van der Waals surface area contributed by atoms with Crippen LogP contribution in [-0.4, -0.2) is 62.9 Å². The average Bonchev–Trinajstić information content (AvgIpc) is 2.78. The average molecular weight is 214 g/mol. The Morgan fingerprint density at radius 3 is 2.87 bits per heavy atom. The van der Waals surface area contributed by atoms with Gasteiger partial charge in [0.05, 0.1) is 20.3 Å². The first-order valence-corrected chi connectivity index (χ1v) is 5.44. The van der Waals surface area contributed by atoms with Crippen LogP contribution in [0.2, 0.25) is 0 Å². The van der Waals surface area contributed by atoms with E-state index >= 15 is 0 Å². The second kappa shape index (κ2) is 4.92. The molecule has 2 atom stereocenters. The monoisotopic (exact) mass is 214 g/mol. The normalized spacial score (nSPS) is 32.9. The molecule has 2 heterocycles. The van der Waals surface area contributed by atoms with Gasteiger partial charge in [0.1, 0.15) is 6.04 Å². The molecule has 15 heavy (non-hydrogen) atoms. The van der Waals surface area contributed by atoms with Crippen LogP contribution in [0.1, 0.15) is 6.42 Å². The molecule has 0 aromatic heterocycles. The van der Waals surface area contributed by atoms with Gasteiger partial charge in [0.15, 0.2) is 0 Å². The summed E-state index contributed by atoms with van der Waals surface area (Å²) in [5.41, 5.74) is 0. The number of methoxy groups -OCH3 is 1. The zero-order valence-electron chi connectivity index (χ0n) is 9.07. The summed E-state index contributed by atoms with van der Waals surface area (Å²) in [7, 11) is 1.44. The predicted molar refractivity (Wildman–Crippen MR) is 54.6 cm³/mol. The number of carbonyl (C=O) groups excluding carboxylic acids is 1. The van der Waals surface area contributed by atoms with Gasteiger partial charge < -0.3 is 14.8 Å². The van der Waals surface area contributed by atoms with Crippen molar-refractivity contribution in [2.24, 2.45) is 0 Å². The zero-order chi connectivity index (χ0) is 10.7. The van der Waals surface area contributed by atoms with Crippen molar-refractivity contribution < 1.29 is 14.3 Å². The van der Waals surface area contributed by atoms with Gasteiger partial charge in [0.25, 0.3) is 0 Å². The molecule has 2 saturated heterocycles. The lowest BCUT2D eigenvalue weighted by atomic mass is 10.1. The van der Waals surface area contributed by atoms with Crippen molar-refractivity contribution in [3.05, 3.63) is 0 Å². The maximum Gasteiger partial charge on any atom is 0.322 e. The van der Waals surface area contributed by atoms with Crippen molar-refractivity contribution in [2.45, 2.75) is 18.5 Å². The molecule has 0 radical (unpaired) electrons. The van der Waals surface area contributed by atoms with Crippen LogP contribution in [0, 0.1) is 0 Å². The molecule has 2 aliphatic heterocycles. The second-order valence-corrected chi connectivity index (χ2v) is 4.02. The Balaban J connectivity index is 1.83. The fourth-order valence-corrected chi connectivity index (χ4v) is 2.26. The van der Waals surface area contributed by atoms with Crippen LogP contribution in [-0.2, 0) is 14.3 Å². The third kappa shape index (κ3) is 2.48.